The molecular weight excluding hydrogens is 454 g/mol. The molecular formula is C28H27N5O3. The van der Waals surface area contributed by atoms with Crippen LogP contribution in [0, 0.1) is 12.8 Å². The number of methoxy groups -OCH3 is 1. The van der Waals surface area contributed by atoms with E-state index in [0.29, 0.717) is 5.92 Å². The van der Waals surface area contributed by atoms with Crippen LogP contribution in [0.5, 0.6) is 11.5 Å². The van der Waals surface area contributed by atoms with Crippen molar-refractivity contribution in [3.8, 4) is 11.5 Å². The maximum absolute atomic E-state index is 13.0. The van der Waals surface area contributed by atoms with Gasteiger partial charge < -0.3 is 20.1 Å². The van der Waals surface area contributed by atoms with Gasteiger partial charge in [0.1, 0.15) is 5.75 Å². The van der Waals surface area contributed by atoms with Gasteiger partial charge in [0.15, 0.2) is 11.6 Å². The number of aromatic nitrogens is 3. The fourth-order valence-corrected chi connectivity index (χ4v) is 5.43. The minimum Gasteiger partial charge on any atom is -0.497 e. The molecule has 8 heteroatoms. The standard InChI is InChI=1S/C28H27N5O3/c1-15-9-24(25(13-29-15)36-14-16-3-4-16)30-26-19-7-5-17(10-23(19)32-33-26)21-12-28(21)20-11-18(35-2)6-8-22(20)31-27(28)34/h5-11,13,16,21H,3-4,12,14H2,1-2H3,(H,31,34)(H2,29,30,32,33)/t21-,28-/m0/s1. The SMILES string of the molecule is COc1ccc2c(c1)[C@]1(C[C@H]1c1ccc3c(Nc4cc(C)ncc4OCC4CC4)n[nH]c3c1)C(=O)N2. The predicted molar refractivity (Wildman–Crippen MR) is 137 cm³/mol. The van der Waals surface area contributed by atoms with Gasteiger partial charge >= 0.3 is 0 Å². The van der Waals surface area contributed by atoms with Gasteiger partial charge in [-0.3, -0.25) is 14.9 Å². The van der Waals surface area contributed by atoms with E-state index in [0.717, 1.165) is 69.4 Å². The number of amides is 1. The Labute approximate surface area is 208 Å². The fourth-order valence-electron chi connectivity index (χ4n) is 5.43. The molecule has 2 aromatic carbocycles. The summed E-state index contributed by atoms with van der Waals surface area (Å²) in [6, 6.07) is 14.1. The van der Waals surface area contributed by atoms with E-state index in [1.54, 1.807) is 13.3 Å². The van der Waals surface area contributed by atoms with Crippen molar-refractivity contribution in [2.24, 2.45) is 5.92 Å². The number of hydrogen-bond acceptors (Lipinski definition) is 6. The van der Waals surface area contributed by atoms with Gasteiger partial charge in [-0.05, 0) is 79.6 Å². The Morgan fingerprint density at radius 1 is 1.17 bits per heavy atom. The van der Waals surface area contributed by atoms with Crippen LogP contribution in [-0.4, -0.2) is 34.8 Å². The lowest BCUT2D eigenvalue weighted by atomic mass is 9.91. The molecule has 2 saturated carbocycles. The van der Waals surface area contributed by atoms with Gasteiger partial charge in [0.25, 0.3) is 0 Å². The van der Waals surface area contributed by atoms with Crippen LogP contribution in [0.3, 0.4) is 0 Å². The summed E-state index contributed by atoms with van der Waals surface area (Å²) in [6.45, 7) is 2.68. The maximum Gasteiger partial charge on any atom is 0.235 e. The summed E-state index contributed by atoms with van der Waals surface area (Å²) in [7, 11) is 1.65. The summed E-state index contributed by atoms with van der Waals surface area (Å²) < 4.78 is 11.5. The Bertz CT molecular complexity index is 1530. The number of pyridine rings is 1. The Morgan fingerprint density at radius 2 is 2.06 bits per heavy atom. The molecule has 2 atom stereocenters. The molecule has 2 aromatic heterocycles. The molecule has 0 unspecified atom stereocenters. The monoisotopic (exact) mass is 481 g/mol. The van der Waals surface area contributed by atoms with E-state index in [2.05, 4.69) is 44.0 Å². The molecule has 3 aliphatic rings. The van der Waals surface area contributed by atoms with Crippen molar-refractivity contribution in [2.75, 3.05) is 24.4 Å². The zero-order valence-electron chi connectivity index (χ0n) is 20.2. The second kappa shape index (κ2) is 7.71. The average Bonchev–Trinajstić information content (AvgIpc) is 3.79. The number of nitrogens with zero attached hydrogens (tertiary/aromatic N) is 2. The predicted octanol–water partition coefficient (Wildman–Crippen LogP) is 5.18. The zero-order chi connectivity index (χ0) is 24.4. The molecule has 0 saturated heterocycles. The molecule has 1 aliphatic heterocycles. The minimum atomic E-state index is -0.527. The number of rotatable bonds is 7. The lowest BCUT2D eigenvalue weighted by Gasteiger charge is -2.12. The van der Waals surface area contributed by atoms with E-state index in [9.17, 15) is 4.79 Å². The number of aromatic amines is 1. The fraction of sp³-hybridized carbons (Fsp3) is 0.321. The molecule has 2 aliphatic carbocycles. The first-order valence-corrected chi connectivity index (χ1v) is 12.4. The third kappa shape index (κ3) is 3.31. The second-order valence-electron chi connectivity index (χ2n) is 10.2. The number of hydrogen-bond donors (Lipinski definition) is 3. The zero-order valence-corrected chi connectivity index (χ0v) is 20.2. The van der Waals surface area contributed by atoms with Gasteiger partial charge in [-0.25, -0.2) is 0 Å². The minimum absolute atomic E-state index is 0.0644. The Kier molecular flexibility index (Phi) is 4.55. The van der Waals surface area contributed by atoms with E-state index in [-0.39, 0.29) is 11.8 Å². The van der Waals surface area contributed by atoms with E-state index in [1.165, 1.54) is 12.8 Å². The summed E-state index contributed by atoms with van der Waals surface area (Å²) in [5, 5.41) is 15.2. The first-order chi connectivity index (χ1) is 17.5. The summed E-state index contributed by atoms with van der Waals surface area (Å²) >= 11 is 0. The largest absolute Gasteiger partial charge is 0.497 e. The Morgan fingerprint density at radius 3 is 2.89 bits per heavy atom. The summed E-state index contributed by atoms with van der Waals surface area (Å²) in [5.74, 6) is 3.07. The van der Waals surface area contributed by atoms with Gasteiger partial charge in [0.2, 0.25) is 5.91 Å². The molecule has 2 fully saturated rings. The Balaban J connectivity index is 1.17. The van der Waals surface area contributed by atoms with Crippen LogP contribution < -0.4 is 20.1 Å². The molecule has 0 bridgehead atoms. The van der Waals surface area contributed by atoms with Crippen molar-refractivity contribution >= 4 is 34.0 Å². The third-order valence-corrected chi connectivity index (χ3v) is 7.74. The van der Waals surface area contributed by atoms with Crippen molar-refractivity contribution < 1.29 is 14.3 Å². The third-order valence-electron chi connectivity index (χ3n) is 7.74. The average molecular weight is 482 g/mol. The summed E-state index contributed by atoms with van der Waals surface area (Å²) in [4.78, 5) is 17.4. The molecule has 0 radical (unpaired) electrons. The molecule has 3 heterocycles. The number of nitrogens with one attached hydrogen (secondary N) is 3. The normalized spacial score (nSPS) is 21.9. The van der Waals surface area contributed by atoms with E-state index < -0.39 is 5.41 Å². The van der Waals surface area contributed by atoms with E-state index >= 15 is 0 Å². The summed E-state index contributed by atoms with van der Waals surface area (Å²) in [6.07, 6.45) is 5.02. The molecule has 1 amide bonds. The van der Waals surface area contributed by atoms with Crippen LogP contribution in [-0.2, 0) is 10.2 Å². The van der Waals surface area contributed by atoms with Gasteiger partial charge in [0.05, 0.1) is 36.5 Å². The molecule has 36 heavy (non-hydrogen) atoms. The van der Waals surface area contributed by atoms with Crippen LogP contribution in [0.2, 0.25) is 0 Å². The number of benzene rings is 2. The van der Waals surface area contributed by atoms with Crippen LogP contribution in [0.25, 0.3) is 10.9 Å². The van der Waals surface area contributed by atoms with Crippen molar-refractivity contribution in [1.29, 1.82) is 0 Å². The van der Waals surface area contributed by atoms with Gasteiger partial charge in [-0.1, -0.05) is 6.07 Å². The lowest BCUT2D eigenvalue weighted by molar-refractivity contribution is -0.118. The van der Waals surface area contributed by atoms with Crippen molar-refractivity contribution in [2.45, 2.75) is 37.5 Å². The topological polar surface area (TPSA) is 101 Å². The van der Waals surface area contributed by atoms with Crippen LogP contribution in [0.15, 0.2) is 48.7 Å². The molecule has 1 spiro atoms. The van der Waals surface area contributed by atoms with Crippen molar-refractivity contribution in [3.05, 3.63) is 65.5 Å². The molecule has 7 rings (SSSR count). The van der Waals surface area contributed by atoms with E-state index in [4.69, 9.17) is 9.47 Å². The molecule has 182 valence electrons. The number of carbonyl (C=O) groups is 1. The first kappa shape index (κ1) is 21.2. The molecule has 8 nitrogen and oxygen atoms in total. The first-order valence-electron chi connectivity index (χ1n) is 12.4. The summed E-state index contributed by atoms with van der Waals surface area (Å²) in [5.41, 5.74) is 5.19. The highest BCUT2D eigenvalue weighted by Crippen LogP contribution is 2.65. The quantitative estimate of drug-likeness (QED) is 0.336. The van der Waals surface area contributed by atoms with Gasteiger partial charge in [0, 0.05) is 22.7 Å². The van der Waals surface area contributed by atoms with Crippen molar-refractivity contribution in [3.63, 3.8) is 0 Å². The number of H-pyrrole nitrogens is 1. The molecule has 4 aromatic rings. The van der Waals surface area contributed by atoms with Crippen molar-refractivity contribution in [1.82, 2.24) is 15.2 Å². The van der Waals surface area contributed by atoms with Crippen LogP contribution in [0.4, 0.5) is 17.2 Å². The number of aryl methyl sites for hydroxylation is 1. The highest BCUT2D eigenvalue weighted by molar-refractivity contribution is 6.10. The number of ether oxygens (including phenoxy) is 2. The highest BCUT2D eigenvalue weighted by Gasteiger charge is 2.65. The molecule has 3 N–H and O–H groups in total. The Hall–Kier alpha value is -4.07. The van der Waals surface area contributed by atoms with Gasteiger partial charge in [-0.2, -0.15) is 5.10 Å². The van der Waals surface area contributed by atoms with Crippen LogP contribution >= 0.6 is 0 Å². The second-order valence-corrected chi connectivity index (χ2v) is 10.2. The smallest absolute Gasteiger partial charge is 0.235 e. The highest BCUT2D eigenvalue weighted by atomic mass is 16.5. The number of carbonyl (C=O) groups excluding carboxylic acids is 1. The van der Waals surface area contributed by atoms with Crippen LogP contribution in [0.1, 0.15) is 42.0 Å². The lowest BCUT2D eigenvalue weighted by Crippen LogP contribution is -2.21. The number of anilines is 3. The maximum atomic E-state index is 13.0. The van der Waals surface area contributed by atoms with E-state index in [1.807, 2.05) is 31.2 Å². The van der Waals surface area contributed by atoms with Gasteiger partial charge in [-0.15, -0.1) is 0 Å². The number of fused-ring (bicyclic) bond motifs is 3.